The van der Waals surface area contributed by atoms with Crippen molar-refractivity contribution < 1.29 is 4.74 Å². The fourth-order valence-corrected chi connectivity index (χ4v) is 2.09. The van der Waals surface area contributed by atoms with Crippen LogP contribution in [0.1, 0.15) is 23.5 Å². The van der Waals surface area contributed by atoms with Crippen LogP contribution in [-0.2, 0) is 0 Å². The molecule has 76 valence electrons. The van der Waals surface area contributed by atoms with E-state index in [4.69, 9.17) is 4.74 Å². The molecule has 1 N–H and O–H groups in total. The van der Waals surface area contributed by atoms with Gasteiger partial charge in [-0.15, -0.1) is 0 Å². The zero-order valence-electron chi connectivity index (χ0n) is 8.84. The summed E-state index contributed by atoms with van der Waals surface area (Å²) in [6.45, 7) is 4.37. The Labute approximate surface area is 85.3 Å². The van der Waals surface area contributed by atoms with Crippen LogP contribution in [0.5, 0.6) is 5.75 Å². The monoisotopic (exact) mass is 191 g/mol. The average molecular weight is 191 g/mol. The Hall–Kier alpha value is -1.02. The van der Waals surface area contributed by atoms with Gasteiger partial charge in [0.15, 0.2) is 0 Å². The van der Waals surface area contributed by atoms with Gasteiger partial charge in [-0.2, -0.15) is 0 Å². The number of benzene rings is 1. The number of nitrogens with one attached hydrogen (secondary N) is 1. The van der Waals surface area contributed by atoms with Crippen molar-refractivity contribution in [2.75, 3.05) is 20.2 Å². The molecule has 1 aliphatic heterocycles. The van der Waals surface area contributed by atoms with Crippen LogP contribution in [0.15, 0.2) is 18.2 Å². The summed E-state index contributed by atoms with van der Waals surface area (Å²) in [5, 5.41) is 3.39. The number of hydrogen-bond donors (Lipinski definition) is 1. The van der Waals surface area contributed by atoms with Crippen LogP contribution in [0.4, 0.5) is 0 Å². The van der Waals surface area contributed by atoms with Gasteiger partial charge in [-0.25, -0.2) is 0 Å². The Morgan fingerprint density at radius 2 is 2.29 bits per heavy atom. The Morgan fingerprint density at radius 1 is 1.43 bits per heavy atom. The van der Waals surface area contributed by atoms with Crippen LogP contribution in [0.25, 0.3) is 0 Å². The molecule has 14 heavy (non-hydrogen) atoms. The molecular formula is C12H17NO. The lowest BCUT2D eigenvalue weighted by molar-refractivity contribution is 0.411. The predicted octanol–water partition coefficient (Wildman–Crippen LogP) is 2.08. The first-order chi connectivity index (χ1) is 6.81. The number of hydrogen-bond acceptors (Lipinski definition) is 2. The van der Waals surface area contributed by atoms with Crippen LogP contribution in [0.2, 0.25) is 0 Å². The molecule has 1 saturated heterocycles. The fourth-order valence-electron chi connectivity index (χ4n) is 2.09. The van der Waals surface area contributed by atoms with Crippen molar-refractivity contribution in [1.29, 1.82) is 0 Å². The van der Waals surface area contributed by atoms with Crippen LogP contribution < -0.4 is 10.1 Å². The molecule has 0 radical (unpaired) electrons. The second-order valence-electron chi connectivity index (χ2n) is 3.92. The highest BCUT2D eigenvalue weighted by atomic mass is 16.5. The normalized spacial score (nSPS) is 21.1. The van der Waals surface area contributed by atoms with Crippen LogP contribution in [0.3, 0.4) is 0 Å². The van der Waals surface area contributed by atoms with E-state index in [-0.39, 0.29) is 0 Å². The van der Waals surface area contributed by atoms with Gasteiger partial charge in [-0.05, 0) is 43.0 Å². The molecule has 1 atom stereocenters. The van der Waals surface area contributed by atoms with Crippen molar-refractivity contribution in [2.24, 2.45) is 0 Å². The Morgan fingerprint density at radius 3 is 2.86 bits per heavy atom. The lowest BCUT2D eigenvalue weighted by atomic mass is 9.96. The Kier molecular flexibility index (Phi) is 2.73. The lowest BCUT2D eigenvalue weighted by Crippen LogP contribution is -2.08. The van der Waals surface area contributed by atoms with E-state index < -0.39 is 0 Å². The molecule has 0 bridgehead atoms. The SMILES string of the molecule is COc1ccc([C@H]2CCNC2)cc1C. The minimum atomic E-state index is 0.694. The van der Waals surface area contributed by atoms with E-state index in [9.17, 15) is 0 Å². The maximum absolute atomic E-state index is 5.25. The molecule has 1 heterocycles. The van der Waals surface area contributed by atoms with Gasteiger partial charge >= 0.3 is 0 Å². The Bertz CT molecular complexity index is 316. The molecule has 2 heteroatoms. The van der Waals surface area contributed by atoms with Gasteiger partial charge in [0.1, 0.15) is 5.75 Å². The number of rotatable bonds is 2. The van der Waals surface area contributed by atoms with Crippen LogP contribution in [-0.4, -0.2) is 20.2 Å². The van der Waals surface area contributed by atoms with Gasteiger partial charge in [0, 0.05) is 6.54 Å². The number of aryl methyl sites for hydroxylation is 1. The third-order valence-electron chi connectivity index (χ3n) is 2.95. The quantitative estimate of drug-likeness (QED) is 0.772. The van der Waals surface area contributed by atoms with Crippen LogP contribution >= 0.6 is 0 Å². The van der Waals surface area contributed by atoms with Crippen molar-refractivity contribution in [1.82, 2.24) is 5.32 Å². The lowest BCUT2D eigenvalue weighted by Gasteiger charge is -2.11. The van der Waals surface area contributed by atoms with Crippen molar-refractivity contribution in [3.05, 3.63) is 29.3 Å². The topological polar surface area (TPSA) is 21.3 Å². The van der Waals surface area contributed by atoms with Gasteiger partial charge < -0.3 is 10.1 Å². The van der Waals surface area contributed by atoms with E-state index in [0.29, 0.717) is 5.92 Å². The first-order valence-electron chi connectivity index (χ1n) is 5.16. The molecule has 1 aromatic carbocycles. The van der Waals surface area contributed by atoms with E-state index in [2.05, 4.69) is 30.4 Å². The third-order valence-corrected chi connectivity index (χ3v) is 2.95. The predicted molar refractivity (Wildman–Crippen MR) is 58.0 cm³/mol. The highest BCUT2D eigenvalue weighted by Crippen LogP contribution is 2.26. The molecule has 1 aromatic rings. The largest absolute Gasteiger partial charge is 0.496 e. The highest BCUT2D eigenvalue weighted by molar-refractivity contribution is 5.37. The summed E-state index contributed by atoms with van der Waals surface area (Å²) in [7, 11) is 1.72. The molecule has 0 aromatic heterocycles. The molecule has 0 amide bonds. The molecule has 2 rings (SSSR count). The smallest absolute Gasteiger partial charge is 0.121 e. The Balaban J connectivity index is 2.23. The van der Waals surface area contributed by atoms with E-state index in [1.165, 1.54) is 17.5 Å². The van der Waals surface area contributed by atoms with Crippen molar-refractivity contribution >= 4 is 0 Å². The van der Waals surface area contributed by atoms with Crippen molar-refractivity contribution in [2.45, 2.75) is 19.3 Å². The average Bonchev–Trinajstić information content (AvgIpc) is 2.70. The first-order valence-corrected chi connectivity index (χ1v) is 5.16. The zero-order chi connectivity index (χ0) is 9.97. The molecule has 0 spiro atoms. The standard InChI is InChI=1S/C12H17NO/c1-9-7-10(3-4-12(9)14-2)11-5-6-13-8-11/h3-4,7,11,13H,5-6,8H2,1-2H3/t11-/m0/s1. The molecule has 1 fully saturated rings. The molecule has 1 aliphatic rings. The van der Waals surface area contributed by atoms with Crippen LogP contribution in [0, 0.1) is 6.92 Å². The summed E-state index contributed by atoms with van der Waals surface area (Å²) in [6.07, 6.45) is 1.26. The van der Waals surface area contributed by atoms with Gasteiger partial charge in [-0.3, -0.25) is 0 Å². The van der Waals surface area contributed by atoms with E-state index in [1.54, 1.807) is 7.11 Å². The molecular weight excluding hydrogens is 174 g/mol. The summed E-state index contributed by atoms with van der Waals surface area (Å²) in [4.78, 5) is 0. The second kappa shape index (κ2) is 4.01. The number of methoxy groups -OCH3 is 1. The molecule has 0 aliphatic carbocycles. The van der Waals surface area contributed by atoms with E-state index in [0.717, 1.165) is 18.8 Å². The molecule has 0 saturated carbocycles. The minimum absolute atomic E-state index is 0.694. The second-order valence-corrected chi connectivity index (χ2v) is 3.92. The zero-order valence-corrected chi connectivity index (χ0v) is 8.84. The number of ether oxygens (including phenoxy) is 1. The summed E-state index contributed by atoms with van der Waals surface area (Å²) in [5.41, 5.74) is 2.67. The summed E-state index contributed by atoms with van der Waals surface area (Å²) in [5.74, 6) is 1.68. The van der Waals surface area contributed by atoms with Crippen molar-refractivity contribution in [3.8, 4) is 5.75 Å². The van der Waals surface area contributed by atoms with E-state index >= 15 is 0 Å². The maximum Gasteiger partial charge on any atom is 0.121 e. The highest BCUT2D eigenvalue weighted by Gasteiger charge is 2.16. The van der Waals surface area contributed by atoms with Gasteiger partial charge in [0.25, 0.3) is 0 Å². The third kappa shape index (κ3) is 1.75. The van der Waals surface area contributed by atoms with Crippen molar-refractivity contribution in [3.63, 3.8) is 0 Å². The summed E-state index contributed by atoms with van der Waals surface area (Å²) >= 11 is 0. The fraction of sp³-hybridized carbons (Fsp3) is 0.500. The summed E-state index contributed by atoms with van der Waals surface area (Å²) < 4.78 is 5.25. The van der Waals surface area contributed by atoms with E-state index in [1.807, 2.05) is 0 Å². The minimum Gasteiger partial charge on any atom is -0.496 e. The van der Waals surface area contributed by atoms with Gasteiger partial charge in [0.05, 0.1) is 7.11 Å². The molecule has 2 nitrogen and oxygen atoms in total. The van der Waals surface area contributed by atoms with Gasteiger partial charge in [-0.1, -0.05) is 12.1 Å². The van der Waals surface area contributed by atoms with Gasteiger partial charge in [0.2, 0.25) is 0 Å². The first kappa shape index (κ1) is 9.53. The summed E-state index contributed by atoms with van der Waals surface area (Å²) in [6, 6.07) is 6.50. The molecule has 0 unspecified atom stereocenters. The maximum atomic E-state index is 5.25.